The molecule has 0 aromatic rings. The van der Waals surface area contributed by atoms with Crippen molar-refractivity contribution in [1.82, 2.24) is 4.72 Å². The van der Waals surface area contributed by atoms with Crippen LogP contribution in [0, 0.1) is 5.92 Å². The van der Waals surface area contributed by atoms with E-state index in [4.69, 9.17) is 9.84 Å². The first-order chi connectivity index (χ1) is 6.98. The van der Waals surface area contributed by atoms with Crippen molar-refractivity contribution < 1.29 is 18.3 Å². The van der Waals surface area contributed by atoms with Crippen molar-refractivity contribution in [1.29, 1.82) is 0 Å². The molecule has 0 atom stereocenters. The summed E-state index contributed by atoms with van der Waals surface area (Å²) in [5, 5.41) is 8.48. The van der Waals surface area contributed by atoms with Crippen LogP contribution in [0.25, 0.3) is 0 Å². The van der Waals surface area contributed by atoms with Crippen LogP contribution in [-0.4, -0.2) is 45.6 Å². The van der Waals surface area contributed by atoms with Crippen LogP contribution < -0.4 is 4.72 Å². The van der Waals surface area contributed by atoms with E-state index < -0.39 is 10.0 Å². The molecule has 0 amide bonds. The second kappa shape index (κ2) is 8.04. The highest BCUT2D eigenvalue weighted by molar-refractivity contribution is 7.89. The third-order valence-corrected chi connectivity index (χ3v) is 3.06. The Hall–Kier alpha value is -0.170. The molecule has 0 bridgehead atoms. The Morgan fingerprint density at radius 1 is 1.40 bits per heavy atom. The Bertz CT molecular complexity index is 238. The Balaban J connectivity index is 3.49. The molecule has 0 saturated carbocycles. The van der Waals surface area contributed by atoms with Crippen molar-refractivity contribution in [3.63, 3.8) is 0 Å². The highest BCUT2D eigenvalue weighted by Gasteiger charge is 2.08. The molecule has 0 radical (unpaired) electrons. The van der Waals surface area contributed by atoms with Crippen molar-refractivity contribution in [3.8, 4) is 0 Å². The van der Waals surface area contributed by atoms with Gasteiger partial charge in [0.2, 0.25) is 10.0 Å². The molecular weight excluding hydrogens is 218 g/mol. The van der Waals surface area contributed by atoms with Crippen LogP contribution in [0.4, 0.5) is 0 Å². The summed E-state index contributed by atoms with van der Waals surface area (Å²) >= 11 is 0. The number of rotatable bonds is 9. The maximum Gasteiger partial charge on any atom is 0.211 e. The maximum absolute atomic E-state index is 11.2. The number of nitrogens with one attached hydrogen (secondary N) is 1. The van der Waals surface area contributed by atoms with Crippen LogP contribution in [0.5, 0.6) is 0 Å². The fraction of sp³-hybridized carbons (Fsp3) is 1.00. The fourth-order valence-corrected chi connectivity index (χ4v) is 1.96. The monoisotopic (exact) mass is 239 g/mol. The zero-order valence-corrected chi connectivity index (χ0v) is 10.2. The predicted octanol–water partition coefficient (Wildman–Crippen LogP) is -0.0392. The van der Waals surface area contributed by atoms with Gasteiger partial charge in [0.1, 0.15) is 0 Å². The van der Waals surface area contributed by atoms with Crippen LogP contribution in [-0.2, 0) is 14.8 Å². The third-order valence-electron chi connectivity index (χ3n) is 1.59. The summed E-state index contributed by atoms with van der Waals surface area (Å²) in [6, 6.07) is 0. The van der Waals surface area contributed by atoms with Crippen molar-refractivity contribution >= 4 is 10.0 Å². The van der Waals surface area contributed by atoms with E-state index in [0.717, 1.165) is 0 Å². The lowest BCUT2D eigenvalue weighted by atomic mass is 10.2. The Morgan fingerprint density at radius 2 is 2.07 bits per heavy atom. The summed E-state index contributed by atoms with van der Waals surface area (Å²) in [6.07, 6.45) is 0.266. The van der Waals surface area contributed by atoms with E-state index in [1.165, 1.54) is 0 Å². The standard InChI is InChI=1S/C9H21NO4S/c1-9(2)8-14-6-4-10-15(12,13)7-3-5-11/h9-11H,3-8H2,1-2H3. The molecular formula is C9H21NO4S. The number of hydrogen-bond acceptors (Lipinski definition) is 4. The number of sulfonamides is 1. The molecule has 0 aliphatic heterocycles. The van der Waals surface area contributed by atoms with Crippen molar-refractivity contribution in [2.45, 2.75) is 20.3 Å². The van der Waals surface area contributed by atoms with Gasteiger partial charge in [0.25, 0.3) is 0 Å². The molecule has 0 unspecified atom stereocenters. The molecule has 0 heterocycles. The Morgan fingerprint density at radius 3 is 2.60 bits per heavy atom. The van der Waals surface area contributed by atoms with Gasteiger partial charge in [-0.05, 0) is 12.3 Å². The molecule has 15 heavy (non-hydrogen) atoms. The molecule has 0 spiro atoms. The minimum Gasteiger partial charge on any atom is -0.396 e. The van der Waals surface area contributed by atoms with Gasteiger partial charge in [-0.25, -0.2) is 13.1 Å². The second-order valence-corrected chi connectivity index (χ2v) is 5.69. The van der Waals surface area contributed by atoms with E-state index in [2.05, 4.69) is 4.72 Å². The van der Waals surface area contributed by atoms with E-state index in [1.54, 1.807) is 0 Å². The van der Waals surface area contributed by atoms with Gasteiger partial charge in [0.15, 0.2) is 0 Å². The maximum atomic E-state index is 11.2. The zero-order chi connectivity index (χ0) is 11.7. The quantitative estimate of drug-likeness (QED) is 0.554. The Labute approximate surface area is 91.9 Å². The lowest BCUT2D eigenvalue weighted by molar-refractivity contribution is 0.114. The molecule has 5 nitrogen and oxygen atoms in total. The van der Waals surface area contributed by atoms with Gasteiger partial charge in [-0.2, -0.15) is 0 Å². The Kier molecular flexibility index (Phi) is 7.95. The van der Waals surface area contributed by atoms with Gasteiger partial charge in [0.05, 0.1) is 12.4 Å². The minimum atomic E-state index is -3.23. The molecule has 0 aromatic heterocycles. The lowest BCUT2D eigenvalue weighted by Gasteiger charge is -2.08. The van der Waals surface area contributed by atoms with Gasteiger partial charge in [-0.1, -0.05) is 13.8 Å². The summed E-state index contributed by atoms with van der Waals surface area (Å²) in [6.45, 7) is 5.27. The van der Waals surface area contributed by atoms with E-state index in [9.17, 15) is 8.42 Å². The van der Waals surface area contributed by atoms with Crippen molar-refractivity contribution in [2.75, 3.05) is 32.1 Å². The number of aliphatic hydroxyl groups is 1. The highest BCUT2D eigenvalue weighted by atomic mass is 32.2. The summed E-state index contributed by atoms with van der Waals surface area (Å²) in [5.74, 6) is 0.421. The van der Waals surface area contributed by atoms with Crippen LogP contribution in [0.15, 0.2) is 0 Å². The van der Waals surface area contributed by atoms with Crippen LogP contribution in [0.1, 0.15) is 20.3 Å². The number of ether oxygens (including phenoxy) is 1. The smallest absolute Gasteiger partial charge is 0.211 e. The predicted molar refractivity (Wildman–Crippen MR) is 59.1 cm³/mol. The average molecular weight is 239 g/mol. The highest BCUT2D eigenvalue weighted by Crippen LogP contribution is 1.92. The molecule has 0 rings (SSSR count). The van der Waals surface area contributed by atoms with E-state index in [1.807, 2.05) is 13.8 Å². The van der Waals surface area contributed by atoms with Gasteiger partial charge in [-0.3, -0.25) is 0 Å². The zero-order valence-electron chi connectivity index (χ0n) is 9.40. The van der Waals surface area contributed by atoms with Crippen molar-refractivity contribution in [3.05, 3.63) is 0 Å². The first kappa shape index (κ1) is 14.8. The summed E-state index contributed by atoms with van der Waals surface area (Å²) in [7, 11) is -3.23. The van der Waals surface area contributed by atoms with Gasteiger partial charge in [0, 0.05) is 19.8 Å². The van der Waals surface area contributed by atoms with E-state index in [-0.39, 0.29) is 18.8 Å². The van der Waals surface area contributed by atoms with Gasteiger partial charge >= 0.3 is 0 Å². The first-order valence-corrected chi connectivity index (χ1v) is 6.79. The lowest BCUT2D eigenvalue weighted by Crippen LogP contribution is -2.30. The van der Waals surface area contributed by atoms with Gasteiger partial charge < -0.3 is 9.84 Å². The molecule has 0 aromatic carbocycles. The number of hydrogen-bond donors (Lipinski definition) is 2. The summed E-state index contributed by atoms with van der Waals surface area (Å²) in [4.78, 5) is 0. The summed E-state index contributed by atoms with van der Waals surface area (Å²) in [5.41, 5.74) is 0. The van der Waals surface area contributed by atoms with E-state index in [0.29, 0.717) is 25.7 Å². The molecule has 0 saturated heterocycles. The average Bonchev–Trinajstić information content (AvgIpc) is 2.14. The van der Waals surface area contributed by atoms with Crippen LogP contribution in [0.2, 0.25) is 0 Å². The molecule has 0 aliphatic carbocycles. The van der Waals surface area contributed by atoms with Crippen LogP contribution >= 0.6 is 0 Å². The molecule has 0 aliphatic rings. The number of aliphatic hydroxyl groups excluding tert-OH is 1. The van der Waals surface area contributed by atoms with Crippen molar-refractivity contribution in [2.24, 2.45) is 5.92 Å². The molecule has 2 N–H and O–H groups in total. The largest absolute Gasteiger partial charge is 0.396 e. The minimum absolute atomic E-state index is 0.0340. The van der Waals surface area contributed by atoms with Gasteiger partial charge in [-0.15, -0.1) is 0 Å². The normalized spacial score (nSPS) is 12.3. The molecule has 0 fully saturated rings. The second-order valence-electron chi connectivity index (χ2n) is 3.76. The summed E-state index contributed by atoms with van der Waals surface area (Å²) < 4.78 is 30.0. The fourth-order valence-electron chi connectivity index (χ4n) is 0.915. The topological polar surface area (TPSA) is 75.6 Å². The van der Waals surface area contributed by atoms with E-state index >= 15 is 0 Å². The first-order valence-electron chi connectivity index (χ1n) is 5.14. The van der Waals surface area contributed by atoms with Crippen LogP contribution in [0.3, 0.4) is 0 Å². The SMILES string of the molecule is CC(C)COCCNS(=O)(=O)CCCO. The molecule has 6 heteroatoms. The molecule has 92 valence electrons. The third kappa shape index (κ3) is 10.1.